The Morgan fingerprint density at radius 1 is 1.19 bits per heavy atom. The molecule has 6 heteroatoms. The average Bonchev–Trinajstić information content (AvgIpc) is 2.45. The van der Waals surface area contributed by atoms with Gasteiger partial charge in [-0.2, -0.15) is 12.7 Å². The maximum atomic E-state index is 12.2. The Morgan fingerprint density at radius 2 is 1.90 bits per heavy atom. The average molecular weight is 320 g/mol. The van der Waals surface area contributed by atoms with Crippen LogP contribution >= 0.6 is 0 Å². The van der Waals surface area contributed by atoms with Crippen LogP contribution < -0.4 is 4.72 Å². The second-order valence-electron chi connectivity index (χ2n) is 6.44. The smallest absolute Gasteiger partial charge is 0.279 e. The Hall–Kier alpha value is -0.170. The summed E-state index contributed by atoms with van der Waals surface area (Å²) in [7, 11) is -3.43. The highest BCUT2D eigenvalue weighted by Gasteiger charge is 2.31. The van der Waals surface area contributed by atoms with Crippen molar-refractivity contribution in [1.82, 2.24) is 9.03 Å². The number of aliphatic hydroxyl groups excluding tert-OH is 1. The minimum absolute atomic E-state index is 0.0872. The molecule has 1 saturated heterocycles. The standard InChI is InChI=1S/C15H32N2O3S/c1-14(2)9-5-3-4-7-11-16-21(19,20)17-12-8-6-10-15(17)13-18/h14-16,18H,3-13H2,1-2H3. The Kier molecular flexibility index (Phi) is 8.78. The zero-order valence-electron chi connectivity index (χ0n) is 13.6. The number of nitrogens with zero attached hydrogens (tertiary/aromatic N) is 1. The van der Waals surface area contributed by atoms with Gasteiger partial charge in [0.25, 0.3) is 10.2 Å². The van der Waals surface area contributed by atoms with Crippen molar-refractivity contribution in [3.8, 4) is 0 Å². The summed E-state index contributed by atoms with van der Waals surface area (Å²) in [5.41, 5.74) is 0. The third-order valence-corrected chi connectivity index (χ3v) is 5.75. The minimum atomic E-state index is -3.43. The topological polar surface area (TPSA) is 69.6 Å². The first-order valence-corrected chi connectivity index (χ1v) is 9.78. The fourth-order valence-electron chi connectivity index (χ4n) is 2.79. The molecule has 0 spiro atoms. The SMILES string of the molecule is CC(C)CCCCCCNS(=O)(=O)N1CCCCC1CO. The van der Waals surface area contributed by atoms with E-state index in [0.29, 0.717) is 13.1 Å². The van der Waals surface area contributed by atoms with E-state index in [2.05, 4.69) is 18.6 Å². The lowest BCUT2D eigenvalue weighted by Crippen LogP contribution is -2.50. The van der Waals surface area contributed by atoms with Crippen molar-refractivity contribution in [2.75, 3.05) is 19.7 Å². The highest BCUT2D eigenvalue weighted by atomic mass is 32.2. The van der Waals surface area contributed by atoms with E-state index in [1.807, 2.05) is 0 Å². The van der Waals surface area contributed by atoms with Crippen LogP contribution in [-0.4, -0.2) is 43.6 Å². The summed E-state index contributed by atoms with van der Waals surface area (Å²) in [4.78, 5) is 0. The van der Waals surface area contributed by atoms with Gasteiger partial charge in [0, 0.05) is 19.1 Å². The quantitative estimate of drug-likeness (QED) is 0.607. The molecular formula is C15H32N2O3S. The summed E-state index contributed by atoms with van der Waals surface area (Å²) in [5, 5.41) is 9.30. The molecule has 1 rings (SSSR count). The molecule has 1 fully saturated rings. The third-order valence-electron chi connectivity index (χ3n) is 4.09. The molecular weight excluding hydrogens is 288 g/mol. The molecule has 126 valence electrons. The van der Waals surface area contributed by atoms with Gasteiger partial charge in [0.1, 0.15) is 0 Å². The zero-order chi connectivity index (χ0) is 15.7. The van der Waals surface area contributed by atoms with Gasteiger partial charge in [-0.25, -0.2) is 4.72 Å². The molecule has 2 N–H and O–H groups in total. The lowest BCUT2D eigenvalue weighted by Gasteiger charge is -2.33. The van der Waals surface area contributed by atoms with Crippen LogP contribution in [-0.2, 0) is 10.2 Å². The van der Waals surface area contributed by atoms with Crippen molar-refractivity contribution in [3.63, 3.8) is 0 Å². The second-order valence-corrected chi connectivity index (χ2v) is 8.15. The molecule has 0 bridgehead atoms. The first-order valence-electron chi connectivity index (χ1n) is 8.34. The van der Waals surface area contributed by atoms with Crippen LogP contribution in [0.5, 0.6) is 0 Å². The van der Waals surface area contributed by atoms with Gasteiger partial charge in [0.05, 0.1) is 6.61 Å². The Balaban J connectivity index is 2.23. The summed E-state index contributed by atoms with van der Waals surface area (Å²) < 4.78 is 28.6. The van der Waals surface area contributed by atoms with E-state index in [9.17, 15) is 13.5 Å². The molecule has 1 unspecified atom stereocenters. The maximum absolute atomic E-state index is 12.2. The molecule has 0 aliphatic carbocycles. The molecule has 0 saturated carbocycles. The van der Waals surface area contributed by atoms with Crippen molar-refractivity contribution in [3.05, 3.63) is 0 Å². The van der Waals surface area contributed by atoms with Crippen LogP contribution in [0.15, 0.2) is 0 Å². The van der Waals surface area contributed by atoms with Gasteiger partial charge in [0.2, 0.25) is 0 Å². The van der Waals surface area contributed by atoms with Gasteiger partial charge in [-0.1, -0.05) is 46.0 Å². The summed E-state index contributed by atoms with van der Waals surface area (Å²) in [6.07, 6.45) is 8.23. The van der Waals surface area contributed by atoms with Gasteiger partial charge < -0.3 is 5.11 Å². The van der Waals surface area contributed by atoms with Crippen molar-refractivity contribution < 1.29 is 13.5 Å². The van der Waals surface area contributed by atoms with Crippen molar-refractivity contribution in [2.24, 2.45) is 5.92 Å². The maximum Gasteiger partial charge on any atom is 0.279 e. The molecule has 0 aromatic heterocycles. The minimum Gasteiger partial charge on any atom is -0.395 e. The zero-order valence-corrected chi connectivity index (χ0v) is 14.4. The molecule has 1 atom stereocenters. The molecule has 1 aliphatic rings. The highest BCUT2D eigenvalue weighted by molar-refractivity contribution is 7.87. The molecule has 1 heterocycles. The van der Waals surface area contributed by atoms with E-state index in [1.54, 1.807) is 0 Å². The predicted molar refractivity (Wildman–Crippen MR) is 86.3 cm³/mol. The van der Waals surface area contributed by atoms with E-state index in [4.69, 9.17) is 0 Å². The van der Waals surface area contributed by atoms with Crippen LogP contribution in [0, 0.1) is 5.92 Å². The summed E-state index contributed by atoms with van der Waals surface area (Å²) in [6.45, 7) is 5.39. The second kappa shape index (κ2) is 9.77. The highest BCUT2D eigenvalue weighted by Crippen LogP contribution is 2.19. The van der Waals surface area contributed by atoms with Crippen molar-refractivity contribution in [2.45, 2.75) is 71.3 Å². The van der Waals surface area contributed by atoms with E-state index in [0.717, 1.165) is 38.0 Å². The van der Waals surface area contributed by atoms with E-state index in [1.165, 1.54) is 23.6 Å². The van der Waals surface area contributed by atoms with Crippen LogP contribution in [0.4, 0.5) is 0 Å². The van der Waals surface area contributed by atoms with Crippen LogP contribution in [0.25, 0.3) is 0 Å². The normalized spacial score (nSPS) is 21.0. The van der Waals surface area contributed by atoms with Gasteiger partial charge in [-0.15, -0.1) is 0 Å². The molecule has 0 aromatic carbocycles. The Bertz CT molecular complexity index is 371. The number of aliphatic hydroxyl groups is 1. The molecule has 5 nitrogen and oxygen atoms in total. The molecule has 0 aromatic rings. The number of unbranched alkanes of at least 4 members (excludes halogenated alkanes) is 3. The van der Waals surface area contributed by atoms with Crippen molar-refractivity contribution >= 4 is 10.2 Å². The lowest BCUT2D eigenvalue weighted by atomic mass is 10.0. The monoisotopic (exact) mass is 320 g/mol. The number of nitrogens with one attached hydrogen (secondary N) is 1. The lowest BCUT2D eigenvalue weighted by molar-refractivity contribution is 0.154. The predicted octanol–water partition coefficient (Wildman–Crippen LogP) is 2.27. The van der Waals surface area contributed by atoms with Gasteiger partial charge in [-0.05, 0) is 25.2 Å². The van der Waals surface area contributed by atoms with Crippen LogP contribution in [0.3, 0.4) is 0 Å². The molecule has 0 radical (unpaired) electrons. The number of piperidine rings is 1. The summed E-state index contributed by atoms with van der Waals surface area (Å²) in [5.74, 6) is 0.748. The summed E-state index contributed by atoms with van der Waals surface area (Å²) >= 11 is 0. The fraction of sp³-hybridized carbons (Fsp3) is 1.00. The van der Waals surface area contributed by atoms with Gasteiger partial charge in [0.15, 0.2) is 0 Å². The van der Waals surface area contributed by atoms with Gasteiger partial charge >= 0.3 is 0 Å². The first-order chi connectivity index (χ1) is 9.97. The van der Waals surface area contributed by atoms with E-state index >= 15 is 0 Å². The van der Waals surface area contributed by atoms with Crippen molar-refractivity contribution in [1.29, 1.82) is 0 Å². The summed E-state index contributed by atoms with van der Waals surface area (Å²) in [6, 6.07) is -0.248. The van der Waals surface area contributed by atoms with Gasteiger partial charge in [-0.3, -0.25) is 0 Å². The fourth-order valence-corrected chi connectivity index (χ4v) is 4.29. The Morgan fingerprint density at radius 3 is 2.57 bits per heavy atom. The largest absolute Gasteiger partial charge is 0.395 e. The number of hydrogen-bond donors (Lipinski definition) is 2. The molecule has 0 amide bonds. The number of rotatable bonds is 10. The molecule has 21 heavy (non-hydrogen) atoms. The molecule has 1 aliphatic heterocycles. The van der Waals surface area contributed by atoms with Crippen LogP contribution in [0.2, 0.25) is 0 Å². The van der Waals surface area contributed by atoms with Crippen LogP contribution in [0.1, 0.15) is 65.2 Å². The third kappa shape index (κ3) is 7.08. The Labute approximate surface area is 130 Å². The van der Waals surface area contributed by atoms with E-state index in [-0.39, 0.29) is 12.6 Å². The number of hydrogen-bond acceptors (Lipinski definition) is 3. The van der Waals surface area contributed by atoms with E-state index < -0.39 is 10.2 Å². The first kappa shape index (κ1) is 18.9.